The summed E-state index contributed by atoms with van der Waals surface area (Å²) in [6, 6.07) is 8.14. The first kappa shape index (κ1) is 17.3. The van der Waals surface area contributed by atoms with E-state index in [-0.39, 0.29) is 0 Å². The number of rotatable bonds is 9. The van der Waals surface area contributed by atoms with E-state index >= 15 is 0 Å². The molecule has 1 aromatic carbocycles. The van der Waals surface area contributed by atoms with Crippen LogP contribution in [-0.2, 0) is 6.42 Å². The molecule has 0 fully saturated rings. The summed E-state index contributed by atoms with van der Waals surface area (Å²) in [6.45, 7) is 6.91. The second-order valence-corrected chi connectivity index (χ2v) is 4.96. The van der Waals surface area contributed by atoms with Crippen LogP contribution in [0.1, 0.15) is 38.7 Å². The van der Waals surface area contributed by atoms with Gasteiger partial charge in [0.15, 0.2) is 5.96 Å². The lowest BCUT2D eigenvalue weighted by atomic mass is 10.1. The summed E-state index contributed by atoms with van der Waals surface area (Å²) in [7, 11) is 1.71. The number of para-hydroxylation sites is 1. The van der Waals surface area contributed by atoms with E-state index in [9.17, 15) is 0 Å². The molecule has 118 valence electrons. The van der Waals surface area contributed by atoms with Crippen molar-refractivity contribution < 1.29 is 4.74 Å². The van der Waals surface area contributed by atoms with E-state index in [1.54, 1.807) is 7.11 Å². The van der Waals surface area contributed by atoms with Gasteiger partial charge in [-0.15, -0.1) is 0 Å². The second kappa shape index (κ2) is 11.0. The quantitative estimate of drug-likeness (QED) is 0.418. The molecule has 0 radical (unpaired) electrons. The first-order chi connectivity index (χ1) is 10.3. The number of hydrogen-bond acceptors (Lipinski definition) is 2. The van der Waals surface area contributed by atoms with Gasteiger partial charge in [-0.2, -0.15) is 0 Å². The van der Waals surface area contributed by atoms with Crippen LogP contribution in [0.5, 0.6) is 5.75 Å². The number of benzene rings is 1. The Hall–Kier alpha value is -1.71. The fourth-order valence-electron chi connectivity index (χ4n) is 2.12. The van der Waals surface area contributed by atoms with Crippen molar-refractivity contribution in [3.05, 3.63) is 29.8 Å². The molecule has 1 rings (SSSR count). The molecule has 0 aliphatic rings. The predicted octanol–water partition coefficient (Wildman–Crippen LogP) is 2.98. The Morgan fingerprint density at radius 3 is 2.67 bits per heavy atom. The number of nitrogens with one attached hydrogen (secondary N) is 2. The van der Waals surface area contributed by atoms with Gasteiger partial charge in [-0.25, -0.2) is 0 Å². The monoisotopic (exact) mass is 291 g/mol. The van der Waals surface area contributed by atoms with Crippen molar-refractivity contribution in [2.24, 2.45) is 4.99 Å². The Kier molecular flexibility index (Phi) is 9.09. The summed E-state index contributed by atoms with van der Waals surface area (Å²) in [5.74, 6) is 1.85. The van der Waals surface area contributed by atoms with Crippen molar-refractivity contribution in [1.29, 1.82) is 0 Å². The fourth-order valence-corrected chi connectivity index (χ4v) is 2.12. The maximum atomic E-state index is 5.37. The van der Waals surface area contributed by atoms with Crippen molar-refractivity contribution >= 4 is 5.96 Å². The number of unbranched alkanes of at least 4 members (excludes halogenated alkanes) is 2. The molecule has 1 aromatic rings. The fraction of sp³-hybridized carbons (Fsp3) is 0.588. The number of methoxy groups -OCH3 is 1. The zero-order valence-electron chi connectivity index (χ0n) is 13.6. The average molecular weight is 291 g/mol. The second-order valence-electron chi connectivity index (χ2n) is 4.96. The molecule has 4 heteroatoms. The molecule has 0 aliphatic carbocycles. The van der Waals surface area contributed by atoms with Crippen LogP contribution in [0.15, 0.2) is 29.3 Å². The van der Waals surface area contributed by atoms with E-state index < -0.39 is 0 Å². The molecule has 0 saturated heterocycles. The van der Waals surface area contributed by atoms with Gasteiger partial charge in [-0.3, -0.25) is 4.99 Å². The summed E-state index contributed by atoms with van der Waals surface area (Å²) in [6.07, 6.45) is 4.54. The summed E-state index contributed by atoms with van der Waals surface area (Å²) >= 11 is 0. The molecule has 2 N–H and O–H groups in total. The lowest BCUT2D eigenvalue weighted by Crippen LogP contribution is -2.38. The lowest BCUT2D eigenvalue weighted by molar-refractivity contribution is 0.409. The molecule has 0 amide bonds. The Morgan fingerprint density at radius 2 is 1.95 bits per heavy atom. The molecule has 0 aromatic heterocycles. The number of nitrogens with zero attached hydrogens (tertiary/aromatic N) is 1. The number of aliphatic imine (C=N–C) groups is 1. The summed E-state index contributed by atoms with van der Waals surface area (Å²) in [5.41, 5.74) is 1.22. The molecule has 21 heavy (non-hydrogen) atoms. The molecule has 0 spiro atoms. The van der Waals surface area contributed by atoms with Crippen LogP contribution >= 0.6 is 0 Å². The molecular formula is C17H29N3O. The minimum absolute atomic E-state index is 0.847. The minimum atomic E-state index is 0.847. The van der Waals surface area contributed by atoms with E-state index in [0.29, 0.717) is 0 Å². The van der Waals surface area contributed by atoms with Crippen LogP contribution in [0.4, 0.5) is 0 Å². The number of guanidine groups is 1. The van der Waals surface area contributed by atoms with E-state index in [1.807, 2.05) is 18.2 Å². The van der Waals surface area contributed by atoms with Crippen LogP contribution in [0, 0.1) is 0 Å². The van der Waals surface area contributed by atoms with E-state index in [2.05, 4.69) is 35.5 Å². The smallest absolute Gasteiger partial charge is 0.191 e. The molecule has 0 aliphatic heterocycles. The third-order valence-corrected chi connectivity index (χ3v) is 3.26. The van der Waals surface area contributed by atoms with Crippen LogP contribution in [0.2, 0.25) is 0 Å². The molecule has 0 bridgehead atoms. The highest BCUT2D eigenvalue weighted by Gasteiger charge is 2.02. The van der Waals surface area contributed by atoms with Gasteiger partial charge in [0.25, 0.3) is 0 Å². The van der Waals surface area contributed by atoms with Crippen molar-refractivity contribution in [2.45, 2.75) is 39.5 Å². The zero-order valence-corrected chi connectivity index (χ0v) is 13.6. The highest BCUT2D eigenvalue weighted by Crippen LogP contribution is 2.17. The number of ether oxygens (including phenoxy) is 1. The van der Waals surface area contributed by atoms with Gasteiger partial charge < -0.3 is 15.4 Å². The standard InChI is InChI=1S/C17H29N3O/c1-4-6-9-13-19-17(18-5-2)20-14-12-15-10-7-8-11-16(15)21-3/h7-8,10-11H,4-6,9,12-14H2,1-3H3,(H2,18,19,20). The largest absolute Gasteiger partial charge is 0.496 e. The van der Waals surface area contributed by atoms with Gasteiger partial charge in [-0.05, 0) is 31.4 Å². The first-order valence-corrected chi connectivity index (χ1v) is 7.95. The average Bonchev–Trinajstić information content (AvgIpc) is 2.52. The summed E-state index contributed by atoms with van der Waals surface area (Å²) in [4.78, 5) is 4.59. The highest BCUT2D eigenvalue weighted by atomic mass is 16.5. The Morgan fingerprint density at radius 1 is 1.14 bits per heavy atom. The van der Waals surface area contributed by atoms with E-state index in [0.717, 1.165) is 44.2 Å². The normalized spacial score (nSPS) is 11.3. The van der Waals surface area contributed by atoms with Gasteiger partial charge in [0.05, 0.1) is 7.11 Å². The topological polar surface area (TPSA) is 45.7 Å². The van der Waals surface area contributed by atoms with Crippen LogP contribution in [-0.4, -0.2) is 32.7 Å². The van der Waals surface area contributed by atoms with Gasteiger partial charge in [-0.1, -0.05) is 38.0 Å². The molecule has 0 saturated carbocycles. The third kappa shape index (κ3) is 7.02. The minimum Gasteiger partial charge on any atom is -0.496 e. The molecular weight excluding hydrogens is 262 g/mol. The zero-order chi connectivity index (χ0) is 15.3. The maximum Gasteiger partial charge on any atom is 0.191 e. The van der Waals surface area contributed by atoms with Crippen LogP contribution < -0.4 is 15.4 Å². The van der Waals surface area contributed by atoms with Crippen molar-refractivity contribution in [2.75, 3.05) is 26.7 Å². The van der Waals surface area contributed by atoms with Gasteiger partial charge in [0.2, 0.25) is 0 Å². The SMILES string of the molecule is CCCCCN=C(NCC)NCCc1ccccc1OC. The van der Waals surface area contributed by atoms with Crippen molar-refractivity contribution in [3.63, 3.8) is 0 Å². The Balaban J connectivity index is 2.42. The Labute approximate surface area is 129 Å². The summed E-state index contributed by atoms with van der Waals surface area (Å²) in [5, 5.41) is 6.66. The highest BCUT2D eigenvalue weighted by molar-refractivity contribution is 5.79. The van der Waals surface area contributed by atoms with Gasteiger partial charge in [0, 0.05) is 19.6 Å². The van der Waals surface area contributed by atoms with E-state index in [4.69, 9.17) is 4.74 Å². The molecule has 0 heterocycles. The third-order valence-electron chi connectivity index (χ3n) is 3.26. The van der Waals surface area contributed by atoms with Crippen molar-refractivity contribution in [3.8, 4) is 5.75 Å². The number of hydrogen-bond donors (Lipinski definition) is 2. The van der Waals surface area contributed by atoms with Gasteiger partial charge >= 0.3 is 0 Å². The Bertz CT molecular complexity index is 418. The van der Waals surface area contributed by atoms with E-state index in [1.165, 1.54) is 18.4 Å². The van der Waals surface area contributed by atoms with Crippen molar-refractivity contribution in [1.82, 2.24) is 10.6 Å². The predicted molar refractivity (Wildman–Crippen MR) is 90.2 cm³/mol. The molecule has 0 atom stereocenters. The molecule has 0 unspecified atom stereocenters. The first-order valence-electron chi connectivity index (χ1n) is 7.95. The summed E-state index contributed by atoms with van der Waals surface area (Å²) < 4.78 is 5.37. The van der Waals surface area contributed by atoms with Crippen LogP contribution in [0.3, 0.4) is 0 Å². The van der Waals surface area contributed by atoms with Crippen LogP contribution in [0.25, 0.3) is 0 Å². The maximum absolute atomic E-state index is 5.37. The van der Waals surface area contributed by atoms with Gasteiger partial charge in [0.1, 0.15) is 5.75 Å². The lowest BCUT2D eigenvalue weighted by Gasteiger charge is -2.12. The molecule has 4 nitrogen and oxygen atoms in total.